The summed E-state index contributed by atoms with van der Waals surface area (Å²) in [5.74, 6) is 1.12. The van der Waals surface area contributed by atoms with Gasteiger partial charge in [-0.3, -0.25) is 14.9 Å². The number of carbonyl (C=O) groups excluding carboxylic acids is 1. The number of fused-ring (bicyclic) bond motifs is 2. The minimum absolute atomic E-state index is 0.0325. The molecule has 160 valence electrons. The third kappa shape index (κ3) is 4.29. The van der Waals surface area contributed by atoms with Gasteiger partial charge in [0.05, 0.1) is 17.0 Å². The lowest BCUT2D eigenvalue weighted by atomic mass is 10.1. The Labute approximate surface area is 181 Å². The number of esters is 1. The second-order valence-corrected chi connectivity index (χ2v) is 7.03. The number of nitro benzene ring substituents is 1. The van der Waals surface area contributed by atoms with Gasteiger partial charge in [-0.05, 0) is 30.7 Å². The second kappa shape index (κ2) is 8.60. The lowest BCUT2D eigenvalue weighted by Crippen LogP contribution is -2.31. The standard InChI is InChI=1S/C20H17ClN4O6/c1-2-29-19(26)9-24(8-12-3-4-17-18(5-12)31-11-30-17)20-13-6-16(25(27)28)14(21)7-15(13)22-10-23-20/h3-7,10H,2,8-9,11H2,1H3. The molecule has 31 heavy (non-hydrogen) atoms. The minimum Gasteiger partial charge on any atom is -0.465 e. The number of carbonyl (C=O) groups is 1. The molecule has 0 saturated carbocycles. The second-order valence-electron chi connectivity index (χ2n) is 6.62. The fraction of sp³-hybridized carbons (Fsp3) is 0.250. The molecule has 2 heterocycles. The third-order valence-corrected chi connectivity index (χ3v) is 4.92. The molecule has 0 N–H and O–H groups in total. The van der Waals surface area contributed by atoms with Crippen LogP contribution >= 0.6 is 11.6 Å². The van der Waals surface area contributed by atoms with Crippen molar-refractivity contribution in [3.05, 3.63) is 57.4 Å². The maximum absolute atomic E-state index is 12.3. The Bertz CT molecular complexity index is 1170. The van der Waals surface area contributed by atoms with Crippen molar-refractivity contribution in [2.24, 2.45) is 0 Å². The van der Waals surface area contributed by atoms with Crippen molar-refractivity contribution in [1.29, 1.82) is 0 Å². The van der Waals surface area contributed by atoms with Crippen molar-refractivity contribution in [3.63, 3.8) is 0 Å². The molecule has 0 saturated heterocycles. The van der Waals surface area contributed by atoms with Crippen LogP contribution in [0.3, 0.4) is 0 Å². The molecule has 2 aromatic carbocycles. The predicted octanol–water partition coefficient (Wildman–Crippen LogP) is 3.49. The van der Waals surface area contributed by atoms with Crippen molar-refractivity contribution in [2.45, 2.75) is 13.5 Å². The van der Waals surface area contributed by atoms with Crippen LogP contribution in [0.2, 0.25) is 5.02 Å². The fourth-order valence-corrected chi connectivity index (χ4v) is 3.50. The molecule has 1 aliphatic heterocycles. The highest BCUT2D eigenvalue weighted by Gasteiger charge is 2.22. The smallest absolute Gasteiger partial charge is 0.325 e. The molecule has 1 aromatic heterocycles. The van der Waals surface area contributed by atoms with Gasteiger partial charge in [0.1, 0.15) is 23.7 Å². The Hall–Kier alpha value is -3.66. The first kappa shape index (κ1) is 20.6. The van der Waals surface area contributed by atoms with Crippen LogP contribution in [0.1, 0.15) is 12.5 Å². The monoisotopic (exact) mass is 444 g/mol. The van der Waals surface area contributed by atoms with E-state index in [-0.39, 0.29) is 37.2 Å². The zero-order valence-electron chi connectivity index (χ0n) is 16.4. The fourth-order valence-electron chi connectivity index (χ4n) is 3.27. The van der Waals surface area contributed by atoms with Crippen molar-refractivity contribution in [2.75, 3.05) is 24.8 Å². The van der Waals surface area contributed by atoms with Crippen LogP contribution in [0, 0.1) is 10.1 Å². The maximum Gasteiger partial charge on any atom is 0.325 e. The van der Waals surface area contributed by atoms with Gasteiger partial charge in [-0.1, -0.05) is 17.7 Å². The summed E-state index contributed by atoms with van der Waals surface area (Å²) in [5.41, 5.74) is 0.966. The molecule has 3 aromatic rings. The van der Waals surface area contributed by atoms with E-state index >= 15 is 0 Å². The Morgan fingerprint density at radius 1 is 1.26 bits per heavy atom. The van der Waals surface area contributed by atoms with Gasteiger partial charge in [-0.15, -0.1) is 0 Å². The lowest BCUT2D eigenvalue weighted by Gasteiger charge is -2.24. The first-order chi connectivity index (χ1) is 15.0. The van der Waals surface area contributed by atoms with Crippen molar-refractivity contribution >= 4 is 40.0 Å². The van der Waals surface area contributed by atoms with E-state index in [9.17, 15) is 14.9 Å². The molecular formula is C20H17ClN4O6. The number of aromatic nitrogens is 2. The molecule has 0 aliphatic carbocycles. The van der Waals surface area contributed by atoms with E-state index in [1.807, 2.05) is 12.1 Å². The molecule has 10 nitrogen and oxygen atoms in total. The van der Waals surface area contributed by atoms with Crippen molar-refractivity contribution in [3.8, 4) is 11.5 Å². The van der Waals surface area contributed by atoms with Crippen molar-refractivity contribution in [1.82, 2.24) is 9.97 Å². The van der Waals surface area contributed by atoms with Crippen LogP contribution in [0.5, 0.6) is 11.5 Å². The number of rotatable bonds is 7. The topological polar surface area (TPSA) is 117 Å². The summed E-state index contributed by atoms with van der Waals surface area (Å²) < 4.78 is 15.9. The maximum atomic E-state index is 12.3. The van der Waals surface area contributed by atoms with E-state index in [4.69, 9.17) is 25.8 Å². The summed E-state index contributed by atoms with van der Waals surface area (Å²) in [5, 5.41) is 11.7. The molecule has 0 radical (unpaired) electrons. The van der Waals surface area contributed by atoms with Gasteiger partial charge in [0.2, 0.25) is 6.79 Å². The normalized spacial score (nSPS) is 12.1. The zero-order valence-corrected chi connectivity index (χ0v) is 17.2. The highest BCUT2D eigenvalue weighted by molar-refractivity contribution is 6.33. The van der Waals surface area contributed by atoms with E-state index in [2.05, 4.69) is 9.97 Å². The molecule has 0 atom stereocenters. The van der Waals surface area contributed by atoms with Gasteiger partial charge in [0.15, 0.2) is 11.5 Å². The first-order valence-electron chi connectivity index (χ1n) is 9.34. The van der Waals surface area contributed by atoms with Crippen LogP contribution in [-0.4, -0.2) is 40.8 Å². The highest BCUT2D eigenvalue weighted by Crippen LogP contribution is 2.35. The van der Waals surface area contributed by atoms with Crippen LogP contribution in [0.25, 0.3) is 10.9 Å². The van der Waals surface area contributed by atoms with Crippen LogP contribution in [-0.2, 0) is 16.1 Å². The SMILES string of the molecule is CCOC(=O)CN(Cc1ccc2c(c1)OCO2)c1ncnc2cc(Cl)c([N+](=O)[O-])cc12. The number of nitrogens with zero attached hydrogens (tertiary/aromatic N) is 4. The molecule has 11 heteroatoms. The Kier molecular flexibility index (Phi) is 5.72. The van der Waals surface area contributed by atoms with E-state index in [1.54, 1.807) is 17.9 Å². The van der Waals surface area contributed by atoms with Crippen LogP contribution in [0.4, 0.5) is 11.5 Å². The Balaban J connectivity index is 1.77. The van der Waals surface area contributed by atoms with Gasteiger partial charge < -0.3 is 19.1 Å². The van der Waals surface area contributed by atoms with E-state index < -0.39 is 10.9 Å². The van der Waals surface area contributed by atoms with Gasteiger partial charge in [-0.2, -0.15) is 0 Å². The summed E-state index contributed by atoms with van der Waals surface area (Å²) in [6, 6.07) is 8.15. The van der Waals surface area contributed by atoms with Gasteiger partial charge in [-0.25, -0.2) is 9.97 Å². The third-order valence-electron chi connectivity index (χ3n) is 4.61. The summed E-state index contributed by atoms with van der Waals surface area (Å²) >= 11 is 6.02. The Morgan fingerprint density at radius 2 is 2.06 bits per heavy atom. The van der Waals surface area contributed by atoms with Crippen LogP contribution < -0.4 is 14.4 Å². The average Bonchev–Trinajstić information content (AvgIpc) is 3.20. The molecule has 0 unspecified atom stereocenters. The van der Waals surface area contributed by atoms with E-state index in [0.717, 1.165) is 5.56 Å². The van der Waals surface area contributed by atoms with E-state index in [1.165, 1.54) is 18.5 Å². The molecule has 0 bridgehead atoms. The number of halogens is 1. The number of nitro groups is 1. The molecule has 1 aliphatic rings. The van der Waals surface area contributed by atoms with E-state index in [0.29, 0.717) is 28.2 Å². The number of benzene rings is 2. The van der Waals surface area contributed by atoms with Gasteiger partial charge >= 0.3 is 5.97 Å². The van der Waals surface area contributed by atoms with Crippen molar-refractivity contribution < 1.29 is 23.9 Å². The molecule has 0 fully saturated rings. The average molecular weight is 445 g/mol. The number of hydrogen-bond donors (Lipinski definition) is 0. The Morgan fingerprint density at radius 3 is 2.84 bits per heavy atom. The zero-order chi connectivity index (χ0) is 22.0. The molecule has 0 spiro atoms. The quantitative estimate of drug-likeness (QED) is 0.306. The molecule has 4 rings (SSSR count). The summed E-state index contributed by atoms with van der Waals surface area (Å²) in [6.45, 7) is 2.23. The van der Waals surface area contributed by atoms with Gasteiger partial charge in [0.25, 0.3) is 5.69 Å². The van der Waals surface area contributed by atoms with Gasteiger partial charge in [0, 0.05) is 18.0 Å². The molecule has 0 amide bonds. The number of hydrogen-bond acceptors (Lipinski definition) is 9. The predicted molar refractivity (Wildman–Crippen MR) is 111 cm³/mol. The number of anilines is 1. The first-order valence-corrected chi connectivity index (χ1v) is 9.71. The minimum atomic E-state index is -0.577. The lowest BCUT2D eigenvalue weighted by molar-refractivity contribution is -0.384. The highest BCUT2D eigenvalue weighted by atomic mass is 35.5. The number of ether oxygens (including phenoxy) is 3. The van der Waals surface area contributed by atoms with Crippen LogP contribution in [0.15, 0.2) is 36.7 Å². The summed E-state index contributed by atoms with van der Waals surface area (Å²) in [4.78, 5) is 33.2. The largest absolute Gasteiger partial charge is 0.465 e. The summed E-state index contributed by atoms with van der Waals surface area (Å²) in [6.07, 6.45) is 1.32. The summed E-state index contributed by atoms with van der Waals surface area (Å²) in [7, 11) is 0. The molecular weight excluding hydrogens is 428 g/mol.